The number of fused-ring (bicyclic) bond motifs is 3. The van der Waals surface area contributed by atoms with Crippen molar-refractivity contribution in [1.29, 1.82) is 0 Å². The van der Waals surface area contributed by atoms with Crippen LogP contribution in [0.2, 0.25) is 0 Å². The van der Waals surface area contributed by atoms with E-state index in [1.807, 2.05) is 18.2 Å². The number of halogens is 1. The molecule has 0 N–H and O–H groups in total. The van der Waals surface area contributed by atoms with Crippen molar-refractivity contribution in [2.24, 2.45) is 5.41 Å². The van der Waals surface area contributed by atoms with Gasteiger partial charge in [-0.15, -0.1) is 0 Å². The van der Waals surface area contributed by atoms with Crippen LogP contribution in [-0.2, 0) is 4.79 Å². The Labute approximate surface area is 123 Å². The fourth-order valence-corrected chi connectivity index (χ4v) is 2.69. The van der Waals surface area contributed by atoms with E-state index >= 15 is 4.32 Å². The van der Waals surface area contributed by atoms with Crippen molar-refractivity contribution in [3.8, 4) is 17.0 Å². The molecule has 0 aliphatic carbocycles. The van der Waals surface area contributed by atoms with E-state index in [0.29, 0.717) is 11.4 Å². The second-order valence-electron chi connectivity index (χ2n) is 6.37. The fourth-order valence-electron chi connectivity index (χ4n) is 2.69. The maximum absolute atomic E-state index is 15.6. The summed E-state index contributed by atoms with van der Waals surface area (Å²) in [5, 5.41) is 0. The Kier molecular flexibility index (Phi) is 2.90. The molecule has 2 aromatic rings. The van der Waals surface area contributed by atoms with Crippen molar-refractivity contribution in [3.05, 3.63) is 48.7 Å². The highest BCUT2D eigenvalue weighted by molar-refractivity contribution is 6.91. The minimum absolute atomic E-state index is 0.406. The third kappa shape index (κ3) is 2.04. The highest BCUT2D eigenvalue weighted by atomic mass is 19.1. The van der Waals surface area contributed by atoms with Gasteiger partial charge in [-0.2, -0.15) is 0 Å². The second kappa shape index (κ2) is 4.42. The van der Waals surface area contributed by atoms with Gasteiger partial charge in [0.05, 0.1) is 11.3 Å². The summed E-state index contributed by atoms with van der Waals surface area (Å²) in [7, 11) is 0. The zero-order valence-electron chi connectivity index (χ0n) is 12.3. The van der Waals surface area contributed by atoms with Crippen LogP contribution in [0.1, 0.15) is 20.8 Å². The Balaban J connectivity index is 2.26. The molecule has 1 aromatic carbocycles. The van der Waals surface area contributed by atoms with Gasteiger partial charge < -0.3 is 18.2 Å². The lowest BCUT2D eigenvalue weighted by Gasteiger charge is -2.37. The number of hydrogen-bond acceptors (Lipinski definition) is 2. The Morgan fingerprint density at radius 2 is 1.81 bits per heavy atom. The molecule has 108 valence electrons. The molecule has 0 saturated heterocycles. The first kappa shape index (κ1) is 13.8. The zero-order valence-corrected chi connectivity index (χ0v) is 12.3. The van der Waals surface area contributed by atoms with Gasteiger partial charge in [0.25, 0.3) is 0 Å². The van der Waals surface area contributed by atoms with Crippen molar-refractivity contribution >= 4 is 12.4 Å². The first-order chi connectivity index (χ1) is 9.84. The fraction of sp³-hybridized carbons (Fsp3) is 0.250. The number of hydrogen-bond donors (Lipinski definition) is 0. The third-order valence-electron chi connectivity index (χ3n) is 3.76. The lowest BCUT2D eigenvalue weighted by atomic mass is 9.59. The molecule has 21 heavy (non-hydrogen) atoms. The van der Waals surface area contributed by atoms with E-state index < -0.39 is 17.9 Å². The second-order valence-corrected chi connectivity index (χ2v) is 6.37. The molecular weight excluding hydrogens is 268 g/mol. The predicted octanol–water partition coefficient (Wildman–Crippen LogP) is 2.94. The number of benzene rings is 1. The van der Waals surface area contributed by atoms with Crippen LogP contribution in [0.3, 0.4) is 0 Å². The molecule has 3 nitrogen and oxygen atoms in total. The lowest BCUT2D eigenvalue weighted by Crippen LogP contribution is -2.75. The average molecular weight is 285 g/mol. The average Bonchev–Trinajstić information content (AvgIpc) is 2.46. The lowest BCUT2D eigenvalue weighted by molar-refractivity contribution is -0.555. The minimum atomic E-state index is -3.31. The SMILES string of the molecule is CC(C)(C)C(=O)[B-]1(F)Oc2ccccc2-c2cccc[n+]21. The van der Waals surface area contributed by atoms with Gasteiger partial charge in [-0.1, -0.05) is 39.0 Å². The topological polar surface area (TPSA) is 30.2 Å². The van der Waals surface area contributed by atoms with Gasteiger partial charge in [-0.25, -0.2) is 0 Å². The van der Waals surface area contributed by atoms with E-state index in [1.165, 1.54) is 4.48 Å². The Morgan fingerprint density at radius 3 is 2.52 bits per heavy atom. The molecule has 2 heterocycles. The van der Waals surface area contributed by atoms with Crippen LogP contribution in [0.25, 0.3) is 11.3 Å². The van der Waals surface area contributed by atoms with Crippen molar-refractivity contribution in [2.45, 2.75) is 20.8 Å². The van der Waals surface area contributed by atoms with Crippen LogP contribution in [0.5, 0.6) is 5.75 Å². The number of aromatic nitrogens is 1. The molecular formula is C16H17BFNO2. The number of pyridine rings is 1. The molecule has 0 bridgehead atoms. The standard InChI is InChI=1S/C16H17BFNO2/c1-16(2,3)15(20)17(18)19-11-7-6-9-13(19)12-8-4-5-10-14(12)21-17/h4-11H,1-3H3. The highest BCUT2D eigenvalue weighted by Crippen LogP contribution is 2.35. The smallest absolute Gasteiger partial charge is 0.624 e. The Hall–Kier alpha value is -2.17. The first-order valence-electron chi connectivity index (χ1n) is 7.01. The molecule has 0 spiro atoms. The molecule has 0 amide bonds. The number of carbonyl (C=O) groups is 1. The summed E-state index contributed by atoms with van der Waals surface area (Å²) in [4.78, 5) is 12.6. The Morgan fingerprint density at radius 1 is 1.14 bits per heavy atom. The molecule has 1 atom stereocenters. The largest absolute Gasteiger partial charge is 0.700 e. The summed E-state index contributed by atoms with van der Waals surface area (Å²) in [5.74, 6) is 0.406. The molecule has 0 radical (unpaired) electrons. The van der Waals surface area contributed by atoms with E-state index in [0.717, 1.165) is 5.56 Å². The third-order valence-corrected chi connectivity index (χ3v) is 3.76. The summed E-state index contributed by atoms with van der Waals surface area (Å²) in [6, 6.07) is 12.5. The monoisotopic (exact) mass is 285 g/mol. The van der Waals surface area contributed by atoms with Crippen LogP contribution in [-0.4, -0.2) is 12.4 Å². The van der Waals surface area contributed by atoms with E-state index in [-0.39, 0.29) is 0 Å². The highest BCUT2D eigenvalue weighted by Gasteiger charge is 2.57. The first-order valence-corrected chi connectivity index (χ1v) is 7.01. The molecule has 1 unspecified atom stereocenters. The van der Waals surface area contributed by atoms with Crippen LogP contribution >= 0.6 is 0 Å². The van der Waals surface area contributed by atoms with Gasteiger partial charge in [-0.3, -0.25) is 0 Å². The predicted molar refractivity (Wildman–Crippen MR) is 79.4 cm³/mol. The summed E-state index contributed by atoms with van der Waals surface area (Å²) in [6.45, 7) is 1.79. The molecule has 0 fully saturated rings. The molecule has 1 aliphatic rings. The maximum atomic E-state index is 15.6. The van der Waals surface area contributed by atoms with Crippen molar-refractivity contribution in [1.82, 2.24) is 0 Å². The van der Waals surface area contributed by atoms with Crippen LogP contribution in [0, 0.1) is 5.41 Å². The van der Waals surface area contributed by atoms with E-state index in [9.17, 15) is 4.79 Å². The number of carbonyl (C=O) groups excluding carboxylic acids is 1. The molecule has 1 aromatic heterocycles. The van der Waals surface area contributed by atoms with Gasteiger partial charge in [0.1, 0.15) is 11.9 Å². The van der Waals surface area contributed by atoms with Crippen LogP contribution < -0.4 is 9.13 Å². The van der Waals surface area contributed by atoms with Gasteiger partial charge >= 0.3 is 6.76 Å². The molecule has 0 saturated carbocycles. The van der Waals surface area contributed by atoms with Crippen LogP contribution in [0.4, 0.5) is 4.32 Å². The number of nitrogens with zero attached hydrogens (tertiary/aromatic N) is 1. The van der Waals surface area contributed by atoms with E-state index in [1.54, 1.807) is 51.2 Å². The quantitative estimate of drug-likeness (QED) is 0.754. The van der Waals surface area contributed by atoms with Gasteiger partial charge in [0.2, 0.25) is 0 Å². The van der Waals surface area contributed by atoms with E-state index in [4.69, 9.17) is 4.65 Å². The van der Waals surface area contributed by atoms with Gasteiger partial charge in [-0.05, 0) is 23.6 Å². The normalized spacial score (nSPS) is 20.2. The maximum Gasteiger partial charge on any atom is 0.700 e. The Bertz CT molecular complexity index is 726. The molecule has 3 rings (SSSR count). The molecule has 5 heteroatoms. The summed E-state index contributed by atoms with van der Waals surface area (Å²) < 4.78 is 22.5. The number of para-hydroxylation sites is 1. The van der Waals surface area contributed by atoms with Gasteiger partial charge in [0.15, 0.2) is 5.69 Å². The molecule has 1 aliphatic heterocycles. The van der Waals surface area contributed by atoms with Crippen molar-refractivity contribution in [3.63, 3.8) is 0 Å². The van der Waals surface area contributed by atoms with Crippen molar-refractivity contribution in [2.75, 3.05) is 0 Å². The summed E-state index contributed by atoms with van der Waals surface area (Å²) in [5.41, 5.74) is 0.0603. The van der Waals surface area contributed by atoms with E-state index in [2.05, 4.69) is 0 Å². The van der Waals surface area contributed by atoms with Gasteiger partial charge in [0, 0.05) is 6.07 Å². The number of rotatable bonds is 1. The van der Waals surface area contributed by atoms with Crippen LogP contribution in [0.15, 0.2) is 48.7 Å². The minimum Gasteiger partial charge on any atom is -0.624 e. The summed E-state index contributed by atoms with van der Waals surface area (Å²) >= 11 is 0. The summed E-state index contributed by atoms with van der Waals surface area (Å²) in [6.07, 6.45) is 1.56. The van der Waals surface area contributed by atoms with Crippen molar-refractivity contribution < 1.29 is 18.2 Å². The zero-order chi connectivity index (χ0) is 15.3.